The Morgan fingerprint density at radius 2 is 1.85 bits per heavy atom. The Bertz CT molecular complexity index is 724. The van der Waals surface area contributed by atoms with Crippen LogP contribution in [0.5, 0.6) is 5.75 Å². The number of fused-ring (bicyclic) bond motifs is 3. The Labute approximate surface area is 156 Å². The van der Waals surface area contributed by atoms with Crippen LogP contribution >= 0.6 is 0 Å². The van der Waals surface area contributed by atoms with Gasteiger partial charge < -0.3 is 14.7 Å². The van der Waals surface area contributed by atoms with Crippen LogP contribution < -0.4 is 4.74 Å². The Balaban J connectivity index is 1.65. The van der Waals surface area contributed by atoms with Gasteiger partial charge in [-0.05, 0) is 68.0 Å². The Morgan fingerprint density at radius 1 is 1.08 bits per heavy atom. The summed E-state index contributed by atoms with van der Waals surface area (Å²) in [5.74, 6) is 1.73. The molecule has 0 aromatic heterocycles. The average Bonchev–Trinajstić information content (AvgIpc) is 2.73. The van der Waals surface area contributed by atoms with Crippen molar-refractivity contribution in [3.63, 3.8) is 0 Å². The van der Waals surface area contributed by atoms with Gasteiger partial charge in [-0.2, -0.15) is 0 Å². The quantitative estimate of drug-likeness (QED) is 0.858. The van der Waals surface area contributed by atoms with Crippen molar-refractivity contribution in [3.05, 3.63) is 65.7 Å². The molecular formula is C23H29NO2. The lowest BCUT2D eigenvalue weighted by Crippen LogP contribution is -2.55. The van der Waals surface area contributed by atoms with Gasteiger partial charge in [0.2, 0.25) is 0 Å². The zero-order chi connectivity index (χ0) is 18.0. The third-order valence-corrected chi connectivity index (χ3v) is 6.48. The van der Waals surface area contributed by atoms with Crippen molar-refractivity contribution in [1.29, 1.82) is 0 Å². The molecule has 3 nitrogen and oxygen atoms in total. The van der Waals surface area contributed by atoms with E-state index in [2.05, 4.69) is 35.2 Å². The van der Waals surface area contributed by atoms with E-state index in [1.807, 2.05) is 24.3 Å². The lowest BCUT2D eigenvalue weighted by Gasteiger charge is -2.51. The second-order valence-electron chi connectivity index (χ2n) is 7.89. The number of hydrogen-bond acceptors (Lipinski definition) is 3. The fraction of sp³-hybridized carbons (Fsp3) is 0.478. The molecule has 5 rings (SSSR count). The molecular weight excluding hydrogens is 322 g/mol. The highest BCUT2D eigenvalue weighted by Gasteiger charge is 2.47. The third-order valence-electron chi connectivity index (χ3n) is 6.48. The van der Waals surface area contributed by atoms with Crippen LogP contribution in [0.2, 0.25) is 0 Å². The number of piperidine rings is 3. The van der Waals surface area contributed by atoms with E-state index < -0.39 is 5.60 Å². The Hall–Kier alpha value is -1.84. The van der Waals surface area contributed by atoms with Gasteiger partial charge in [-0.25, -0.2) is 0 Å². The van der Waals surface area contributed by atoms with Crippen molar-refractivity contribution < 1.29 is 9.84 Å². The van der Waals surface area contributed by atoms with Crippen LogP contribution in [0.1, 0.15) is 30.4 Å². The molecule has 138 valence electrons. The summed E-state index contributed by atoms with van der Waals surface area (Å²) in [6, 6.07) is 18.6. The minimum absolute atomic E-state index is 0.292. The van der Waals surface area contributed by atoms with E-state index in [4.69, 9.17) is 4.74 Å². The van der Waals surface area contributed by atoms with Crippen LogP contribution in [0, 0.1) is 11.8 Å². The molecule has 2 aromatic carbocycles. The minimum atomic E-state index is -0.811. The van der Waals surface area contributed by atoms with E-state index >= 15 is 0 Å². The normalized spacial score (nSPS) is 27.1. The smallest absolute Gasteiger partial charge is 0.119 e. The van der Waals surface area contributed by atoms with Gasteiger partial charge in [0.05, 0.1) is 12.7 Å². The summed E-state index contributed by atoms with van der Waals surface area (Å²) in [4.78, 5) is 2.53. The molecule has 3 fully saturated rings. The van der Waals surface area contributed by atoms with E-state index in [1.54, 1.807) is 7.11 Å². The van der Waals surface area contributed by atoms with Crippen molar-refractivity contribution in [1.82, 2.24) is 4.90 Å². The molecule has 0 radical (unpaired) electrons. The van der Waals surface area contributed by atoms with Crippen molar-refractivity contribution in [2.45, 2.75) is 31.3 Å². The molecule has 0 aliphatic carbocycles. The molecule has 3 aliphatic heterocycles. The van der Waals surface area contributed by atoms with Gasteiger partial charge in [0.1, 0.15) is 5.75 Å². The number of nitrogens with zero attached hydrogens (tertiary/aromatic N) is 1. The van der Waals surface area contributed by atoms with Crippen LogP contribution in [0.4, 0.5) is 0 Å². The number of methoxy groups -OCH3 is 1. The molecule has 26 heavy (non-hydrogen) atoms. The summed E-state index contributed by atoms with van der Waals surface area (Å²) in [5, 5.41) is 12.0. The van der Waals surface area contributed by atoms with Gasteiger partial charge in [-0.3, -0.25) is 0 Å². The lowest BCUT2D eigenvalue weighted by atomic mass is 9.66. The Morgan fingerprint density at radius 3 is 2.50 bits per heavy atom. The molecule has 0 saturated carbocycles. The molecule has 3 heteroatoms. The first kappa shape index (κ1) is 17.6. The van der Waals surface area contributed by atoms with Crippen molar-refractivity contribution in [2.75, 3.05) is 26.7 Å². The number of aryl methyl sites for hydroxylation is 1. The summed E-state index contributed by atoms with van der Waals surface area (Å²) < 4.78 is 5.44. The molecule has 0 amide bonds. The largest absolute Gasteiger partial charge is 0.497 e. The molecule has 2 aromatic rings. The Kier molecular flexibility index (Phi) is 5.01. The van der Waals surface area contributed by atoms with Crippen LogP contribution in [0.15, 0.2) is 54.6 Å². The number of hydrogen-bond donors (Lipinski definition) is 1. The van der Waals surface area contributed by atoms with E-state index in [9.17, 15) is 5.11 Å². The summed E-state index contributed by atoms with van der Waals surface area (Å²) in [6.45, 7) is 3.38. The number of rotatable bonds is 6. The first-order valence-electron chi connectivity index (χ1n) is 9.82. The van der Waals surface area contributed by atoms with E-state index in [0.717, 1.165) is 30.7 Å². The molecule has 3 aliphatic rings. The van der Waals surface area contributed by atoms with Gasteiger partial charge in [0, 0.05) is 12.5 Å². The predicted octanol–water partition coefficient (Wildman–Crippen LogP) is 3.86. The van der Waals surface area contributed by atoms with Crippen LogP contribution in [0.3, 0.4) is 0 Å². The standard InChI is InChI=1S/C23H29NO2/c1-26-21-9-5-8-20(16-21)23(25,13-10-18-6-3-2-4-7-18)22-17-24-14-11-19(22)12-15-24/h2-9,16,19,22,25H,10-15,17H2,1H3. The highest BCUT2D eigenvalue weighted by atomic mass is 16.5. The van der Waals surface area contributed by atoms with E-state index in [1.165, 1.54) is 31.5 Å². The second-order valence-corrected chi connectivity index (χ2v) is 7.89. The highest BCUT2D eigenvalue weighted by molar-refractivity contribution is 5.34. The molecule has 2 bridgehead atoms. The van der Waals surface area contributed by atoms with Crippen LogP contribution in [-0.4, -0.2) is 36.8 Å². The first-order chi connectivity index (χ1) is 12.7. The van der Waals surface area contributed by atoms with Gasteiger partial charge in [-0.15, -0.1) is 0 Å². The monoisotopic (exact) mass is 351 g/mol. The minimum Gasteiger partial charge on any atom is -0.497 e. The fourth-order valence-electron chi connectivity index (χ4n) is 4.92. The number of aliphatic hydroxyl groups is 1. The maximum absolute atomic E-state index is 12.0. The maximum atomic E-state index is 12.0. The molecule has 2 unspecified atom stereocenters. The van der Waals surface area contributed by atoms with E-state index in [0.29, 0.717) is 11.8 Å². The van der Waals surface area contributed by atoms with E-state index in [-0.39, 0.29) is 0 Å². The lowest BCUT2D eigenvalue weighted by molar-refractivity contribution is -0.106. The van der Waals surface area contributed by atoms with Gasteiger partial charge in [-0.1, -0.05) is 42.5 Å². The average molecular weight is 351 g/mol. The van der Waals surface area contributed by atoms with Gasteiger partial charge in [0.15, 0.2) is 0 Å². The van der Waals surface area contributed by atoms with Gasteiger partial charge in [0.25, 0.3) is 0 Å². The van der Waals surface area contributed by atoms with Gasteiger partial charge >= 0.3 is 0 Å². The molecule has 3 saturated heterocycles. The topological polar surface area (TPSA) is 32.7 Å². The van der Waals surface area contributed by atoms with Crippen LogP contribution in [-0.2, 0) is 12.0 Å². The predicted molar refractivity (Wildman–Crippen MR) is 104 cm³/mol. The summed E-state index contributed by atoms with van der Waals surface area (Å²) >= 11 is 0. The summed E-state index contributed by atoms with van der Waals surface area (Å²) in [7, 11) is 1.69. The van der Waals surface area contributed by atoms with Crippen LogP contribution in [0.25, 0.3) is 0 Å². The fourth-order valence-corrected chi connectivity index (χ4v) is 4.92. The molecule has 3 heterocycles. The summed E-state index contributed by atoms with van der Waals surface area (Å²) in [5.41, 5.74) is 1.48. The molecule has 1 N–H and O–H groups in total. The summed E-state index contributed by atoms with van der Waals surface area (Å²) in [6.07, 6.45) is 4.06. The zero-order valence-corrected chi connectivity index (χ0v) is 15.6. The second kappa shape index (κ2) is 7.42. The third kappa shape index (κ3) is 3.38. The molecule has 2 atom stereocenters. The molecule has 0 spiro atoms. The first-order valence-corrected chi connectivity index (χ1v) is 9.82. The van der Waals surface area contributed by atoms with Crippen molar-refractivity contribution in [3.8, 4) is 5.75 Å². The zero-order valence-electron chi connectivity index (χ0n) is 15.6. The van der Waals surface area contributed by atoms with Crippen molar-refractivity contribution in [2.24, 2.45) is 11.8 Å². The number of benzene rings is 2. The number of ether oxygens (including phenoxy) is 1. The maximum Gasteiger partial charge on any atom is 0.119 e. The highest BCUT2D eigenvalue weighted by Crippen LogP contribution is 2.46. The SMILES string of the molecule is COc1cccc(C(O)(CCc2ccccc2)C2CN3CCC2CC3)c1. The van der Waals surface area contributed by atoms with Crippen molar-refractivity contribution >= 4 is 0 Å².